The molecule has 0 aromatic carbocycles. The van der Waals surface area contributed by atoms with Gasteiger partial charge in [0, 0.05) is 47.8 Å². The lowest BCUT2D eigenvalue weighted by Crippen LogP contribution is -2.69. The highest BCUT2D eigenvalue weighted by Gasteiger charge is 2.52. The summed E-state index contributed by atoms with van der Waals surface area (Å²) in [6.45, 7) is 19.5. The van der Waals surface area contributed by atoms with E-state index in [2.05, 4.69) is 96.2 Å². The Bertz CT molecular complexity index is 541. The number of hydroxylamine groups is 4. The number of nitrogens with zero attached hydrogens (tertiary/aromatic N) is 4. The van der Waals surface area contributed by atoms with Gasteiger partial charge in [0.2, 0.25) is 0 Å². The Hall–Kier alpha value is 0.110. The topological polar surface area (TPSA) is 46.9 Å². The zero-order valence-electron chi connectivity index (χ0n) is 23.5. The lowest BCUT2D eigenvalue weighted by atomic mass is 9.77. The minimum absolute atomic E-state index is 0.214. The van der Waals surface area contributed by atoms with Crippen molar-refractivity contribution in [3.05, 3.63) is 0 Å². The van der Waals surface area contributed by atoms with Crippen molar-refractivity contribution in [3.8, 4) is 0 Å². The number of rotatable bonds is 5. The first-order valence-electron chi connectivity index (χ1n) is 12.2. The number of hydrogen-bond acceptors (Lipinski definition) is 5. The van der Waals surface area contributed by atoms with Gasteiger partial charge < -0.3 is 19.4 Å². The molecule has 2 aliphatic heterocycles. The fourth-order valence-corrected chi connectivity index (χ4v) is 6.30. The van der Waals surface area contributed by atoms with Gasteiger partial charge in [0.15, 0.2) is 0 Å². The van der Waals surface area contributed by atoms with Crippen LogP contribution in [0.4, 0.5) is 0 Å². The molecular formula is C25H56N4O2S+2. The van der Waals surface area contributed by atoms with Gasteiger partial charge in [-0.3, -0.25) is 0 Å². The van der Waals surface area contributed by atoms with Gasteiger partial charge in [-0.15, -0.1) is 0 Å². The van der Waals surface area contributed by atoms with Crippen molar-refractivity contribution in [2.24, 2.45) is 0 Å². The van der Waals surface area contributed by atoms with E-state index in [9.17, 15) is 10.4 Å². The summed E-state index contributed by atoms with van der Waals surface area (Å²) in [6, 6.07) is 1.04. The molecule has 2 N–H and O–H groups in total. The van der Waals surface area contributed by atoms with E-state index in [1.807, 2.05) is 0 Å². The minimum atomic E-state index is -0.214. The summed E-state index contributed by atoms with van der Waals surface area (Å²) in [5.74, 6) is 0. The van der Waals surface area contributed by atoms with Crippen LogP contribution < -0.4 is 0 Å². The summed E-state index contributed by atoms with van der Waals surface area (Å²) < 4.78 is 1.96. The molecule has 0 aromatic rings. The average Bonchev–Trinajstić information content (AvgIpc) is 2.63. The molecule has 7 heteroatoms. The lowest BCUT2D eigenvalue weighted by molar-refractivity contribution is -0.971. The third-order valence-corrected chi connectivity index (χ3v) is 8.46. The molecule has 0 bridgehead atoms. The molecule has 192 valence electrons. The summed E-state index contributed by atoms with van der Waals surface area (Å²) in [7, 11) is 9.48. The second-order valence-electron chi connectivity index (χ2n) is 14.0. The van der Waals surface area contributed by atoms with E-state index < -0.39 is 0 Å². The highest BCUT2D eigenvalue weighted by molar-refractivity contribution is 7.79. The average molecular weight is 477 g/mol. The summed E-state index contributed by atoms with van der Waals surface area (Å²) in [5, 5.41) is 24.6. The monoisotopic (exact) mass is 476 g/mol. The molecule has 2 rings (SSSR count). The maximum absolute atomic E-state index is 10.7. The van der Waals surface area contributed by atoms with E-state index in [4.69, 9.17) is 0 Å². The Morgan fingerprint density at radius 3 is 0.969 bits per heavy atom. The van der Waals surface area contributed by atoms with Crippen molar-refractivity contribution in [1.82, 2.24) is 10.1 Å². The van der Waals surface area contributed by atoms with E-state index in [0.29, 0.717) is 12.1 Å². The van der Waals surface area contributed by atoms with Crippen molar-refractivity contribution < 1.29 is 19.4 Å². The fraction of sp³-hybridized carbons (Fsp3) is 1.00. The summed E-state index contributed by atoms with van der Waals surface area (Å²) in [4.78, 5) is 0. The molecule has 32 heavy (non-hydrogen) atoms. The third kappa shape index (κ3) is 6.41. The first kappa shape index (κ1) is 30.1. The first-order chi connectivity index (χ1) is 14.1. The van der Waals surface area contributed by atoms with Crippen LogP contribution in [0.1, 0.15) is 81.1 Å². The molecule has 2 aliphatic rings. The SMILES string of the molecule is CC1(C)CC([N+](C)(C)CC[N+](C)(C)C2CC(C)(C)N(O)C(C)(C)C2)CC(C)(C)N1O.CS. The van der Waals surface area contributed by atoms with Crippen LogP contribution >= 0.6 is 12.6 Å². The van der Waals surface area contributed by atoms with Gasteiger partial charge in [-0.1, -0.05) is 0 Å². The highest BCUT2D eigenvalue weighted by atomic mass is 32.1. The maximum atomic E-state index is 10.7. The van der Waals surface area contributed by atoms with Gasteiger partial charge in [0.1, 0.15) is 13.1 Å². The Balaban J connectivity index is 0.00000249. The van der Waals surface area contributed by atoms with Crippen LogP contribution in [0, 0.1) is 0 Å². The van der Waals surface area contributed by atoms with Crippen LogP contribution in [-0.2, 0) is 0 Å². The number of likely N-dealkylation sites (N-methyl/N-ethyl adjacent to an activating group) is 2. The number of hydrogen-bond donors (Lipinski definition) is 3. The van der Waals surface area contributed by atoms with Crippen LogP contribution in [0.15, 0.2) is 0 Å². The molecule has 0 aromatic heterocycles. The largest absolute Gasteiger partial charge is 0.321 e. The zero-order chi connectivity index (χ0) is 25.6. The van der Waals surface area contributed by atoms with Gasteiger partial charge in [0.05, 0.1) is 40.3 Å². The summed E-state index contributed by atoms with van der Waals surface area (Å²) in [6.07, 6.45) is 5.68. The van der Waals surface area contributed by atoms with Crippen molar-refractivity contribution in [1.29, 1.82) is 0 Å². The van der Waals surface area contributed by atoms with E-state index in [1.165, 1.54) is 0 Å². The normalized spacial score (nSPS) is 27.0. The molecule has 0 spiro atoms. The molecule has 6 nitrogen and oxygen atoms in total. The van der Waals surface area contributed by atoms with Gasteiger partial charge in [-0.25, -0.2) is 0 Å². The second kappa shape index (κ2) is 9.63. The fourth-order valence-electron chi connectivity index (χ4n) is 6.30. The van der Waals surface area contributed by atoms with Crippen LogP contribution in [0.3, 0.4) is 0 Å². The van der Waals surface area contributed by atoms with Crippen LogP contribution in [0.25, 0.3) is 0 Å². The molecule has 2 saturated heterocycles. The van der Waals surface area contributed by atoms with E-state index >= 15 is 0 Å². The number of quaternary nitrogens is 2. The lowest BCUT2D eigenvalue weighted by Gasteiger charge is -2.56. The van der Waals surface area contributed by atoms with E-state index in [1.54, 1.807) is 16.4 Å². The molecular weight excluding hydrogens is 420 g/mol. The van der Waals surface area contributed by atoms with Crippen molar-refractivity contribution in [3.63, 3.8) is 0 Å². The van der Waals surface area contributed by atoms with Crippen LogP contribution in [-0.4, -0.2) is 111 Å². The molecule has 2 heterocycles. The Morgan fingerprint density at radius 2 is 0.781 bits per heavy atom. The Morgan fingerprint density at radius 1 is 0.594 bits per heavy atom. The third-order valence-electron chi connectivity index (χ3n) is 8.46. The highest BCUT2D eigenvalue weighted by Crippen LogP contribution is 2.42. The number of thiol groups is 1. The van der Waals surface area contributed by atoms with Gasteiger partial charge in [-0.05, 0) is 61.6 Å². The van der Waals surface area contributed by atoms with Crippen LogP contribution in [0.2, 0.25) is 0 Å². The Labute approximate surface area is 205 Å². The van der Waals surface area contributed by atoms with Gasteiger partial charge in [0.25, 0.3) is 0 Å². The Kier molecular flexibility index (Phi) is 9.07. The maximum Gasteiger partial charge on any atom is 0.128 e. The summed E-state index contributed by atoms with van der Waals surface area (Å²) in [5.41, 5.74) is -0.856. The molecule has 0 aliphatic carbocycles. The van der Waals surface area contributed by atoms with Gasteiger partial charge in [-0.2, -0.15) is 22.8 Å². The molecule has 0 radical (unpaired) electrons. The van der Waals surface area contributed by atoms with Crippen molar-refractivity contribution >= 4 is 12.6 Å². The quantitative estimate of drug-likeness (QED) is 0.404. The molecule has 2 fully saturated rings. The standard InChI is InChI=1S/C24H52N4O2.CH4S/c1-21(2)15-19(16-22(3,4)25(21)29)27(9,10)13-14-28(11,12)20-17-23(5,6)26(30)24(7,8)18-20;1-2/h19-20,29-30H,13-18H2,1-12H3;2H,1H3/q+2;. The minimum Gasteiger partial charge on any atom is -0.321 e. The van der Waals surface area contributed by atoms with E-state index in [-0.39, 0.29) is 22.2 Å². The number of piperidine rings is 2. The second-order valence-corrected chi connectivity index (χ2v) is 14.0. The van der Waals surface area contributed by atoms with Crippen molar-refractivity contribution in [2.75, 3.05) is 47.5 Å². The molecule has 0 unspecified atom stereocenters. The first-order valence-corrected chi connectivity index (χ1v) is 13.1. The predicted molar refractivity (Wildman–Crippen MR) is 138 cm³/mol. The van der Waals surface area contributed by atoms with Gasteiger partial charge >= 0.3 is 0 Å². The van der Waals surface area contributed by atoms with Crippen LogP contribution in [0.5, 0.6) is 0 Å². The van der Waals surface area contributed by atoms with E-state index in [0.717, 1.165) is 47.7 Å². The molecule has 0 amide bonds. The predicted octanol–water partition coefficient (Wildman–Crippen LogP) is 4.51. The molecule has 0 atom stereocenters. The van der Waals surface area contributed by atoms with Crippen molar-refractivity contribution in [2.45, 2.75) is 115 Å². The smallest absolute Gasteiger partial charge is 0.128 e. The zero-order valence-corrected chi connectivity index (χ0v) is 24.4. The summed E-state index contributed by atoms with van der Waals surface area (Å²) >= 11 is 3.53. The molecule has 0 saturated carbocycles.